The minimum absolute atomic E-state index is 0.0491. The SMILES string of the molecule is CC(C)[C@@H]1[C@@H](NC(=O)[C@H](C)NC(=O)OC(C)(C)C)C(=O)N2[C@@H](C(=O)OC(C)(C)C)C[C@H](c3ccccc3)N12. The molecule has 0 unspecified atom stereocenters. The Kier molecular flexibility index (Phi) is 8.45. The number of hydrazine groups is 1. The number of rotatable bonds is 6. The Morgan fingerprint density at radius 1 is 0.947 bits per heavy atom. The highest BCUT2D eigenvalue weighted by Gasteiger charge is 2.59. The van der Waals surface area contributed by atoms with Crippen LogP contribution in [0.15, 0.2) is 30.3 Å². The van der Waals surface area contributed by atoms with Gasteiger partial charge in [0.05, 0.1) is 12.1 Å². The fourth-order valence-electron chi connectivity index (χ4n) is 4.99. The van der Waals surface area contributed by atoms with Crippen molar-refractivity contribution in [3.8, 4) is 0 Å². The molecule has 2 heterocycles. The van der Waals surface area contributed by atoms with Crippen LogP contribution in [-0.4, -0.2) is 69.3 Å². The van der Waals surface area contributed by atoms with Crippen LogP contribution in [0.4, 0.5) is 4.79 Å². The van der Waals surface area contributed by atoms with Crippen molar-refractivity contribution in [2.24, 2.45) is 5.92 Å². The number of ether oxygens (including phenoxy) is 2. The van der Waals surface area contributed by atoms with Gasteiger partial charge in [0.1, 0.15) is 29.3 Å². The standard InChI is InChI=1S/C28H42N4O6/c1-16(2)22-21(30-23(33)17(3)29-26(36)38-28(7,8)9)24(34)32-20(25(35)37-27(4,5)6)15-19(31(22)32)18-13-11-10-12-14-18/h10-14,16-17,19-22H,15H2,1-9H3,(H,29,36)(H,30,33)/t17-,19+,20+,21+,22+/m0/s1. The molecule has 0 radical (unpaired) electrons. The molecule has 2 N–H and O–H groups in total. The second-order valence-electron chi connectivity index (χ2n) is 12.4. The van der Waals surface area contributed by atoms with Gasteiger partial charge in [-0.2, -0.15) is 0 Å². The minimum atomic E-state index is -0.942. The summed E-state index contributed by atoms with van der Waals surface area (Å²) in [5, 5.41) is 8.78. The van der Waals surface area contributed by atoms with E-state index in [4.69, 9.17) is 9.47 Å². The van der Waals surface area contributed by atoms with Crippen molar-refractivity contribution >= 4 is 23.9 Å². The van der Waals surface area contributed by atoms with Crippen LogP contribution in [-0.2, 0) is 23.9 Å². The Morgan fingerprint density at radius 3 is 2.05 bits per heavy atom. The Balaban J connectivity index is 1.90. The predicted molar refractivity (Wildman–Crippen MR) is 142 cm³/mol. The van der Waals surface area contributed by atoms with Gasteiger partial charge in [0.2, 0.25) is 5.91 Å². The summed E-state index contributed by atoms with van der Waals surface area (Å²) in [5.41, 5.74) is -0.469. The van der Waals surface area contributed by atoms with Gasteiger partial charge in [-0.1, -0.05) is 44.2 Å². The molecular weight excluding hydrogens is 488 g/mol. The monoisotopic (exact) mass is 530 g/mol. The van der Waals surface area contributed by atoms with Crippen LogP contribution in [0.5, 0.6) is 0 Å². The first kappa shape index (κ1) is 29.4. The maximum Gasteiger partial charge on any atom is 0.408 e. The number of hydrogen-bond acceptors (Lipinski definition) is 7. The van der Waals surface area contributed by atoms with Gasteiger partial charge in [0.25, 0.3) is 5.91 Å². The molecule has 3 rings (SSSR count). The summed E-state index contributed by atoms with van der Waals surface area (Å²) in [6, 6.07) is 6.34. The van der Waals surface area contributed by atoms with Crippen molar-refractivity contribution in [3.05, 3.63) is 35.9 Å². The largest absolute Gasteiger partial charge is 0.458 e. The van der Waals surface area contributed by atoms with E-state index in [9.17, 15) is 19.2 Å². The Labute approximate surface area is 225 Å². The van der Waals surface area contributed by atoms with Crippen molar-refractivity contribution in [2.45, 2.75) is 110 Å². The number of alkyl carbamates (subject to hydrolysis) is 1. The van der Waals surface area contributed by atoms with Crippen molar-refractivity contribution in [2.75, 3.05) is 0 Å². The fourth-order valence-corrected chi connectivity index (χ4v) is 4.99. The maximum atomic E-state index is 13.9. The van der Waals surface area contributed by atoms with E-state index in [0.717, 1.165) is 5.56 Å². The number of nitrogens with one attached hydrogen (secondary N) is 2. The highest BCUT2D eigenvalue weighted by Crippen LogP contribution is 2.45. The topological polar surface area (TPSA) is 117 Å². The van der Waals surface area contributed by atoms with E-state index in [-0.39, 0.29) is 17.9 Å². The summed E-state index contributed by atoms with van der Waals surface area (Å²) in [4.78, 5) is 52.5. The van der Waals surface area contributed by atoms with Gasteiger partial charge < -0.3 is 20.1 Å². The molecule has 210 valence electrons. The molecule has 3 amide bonds. The zero-order valence-corrected chi connectivity index (χ0v) is 23.9. The minimum Gasteiger partial charge on any atom is -0.458 e. The van der Waals surface area contributed by atoms with E-state index >= 15 is 0 Å². The lowest BCUT2D eigenvalue weighted by molar-refractivity contribution is -0.168. The van der Waals surface area contributed by atoms with Gasteiger partial charge in [-0.05, 0) is 59.9 Å². The first-order chi connectivity index (χ1) is 17.5. The molecule has 0 spiro atoms. The van der Waals surface area contributed by atoms with E-state index in [0.29, 0.717) is 6.42 Å². The molecule has 2 saturated heterocycles. The van der Waals surface area contributed by atoms with Crippen molar-refractivity contribution < 1.29 is 28.7 Å². The number of carbonyl (C=O) groups excluding carboxylic acids is 4. The van der Waals surface area contributed by atoms with Crippen LogP contribution >= 0.6 is 0 Å². The number of esters is 1. The molecule has 10 heteroatoms. The van der Waals surface area contributed by atoms with Crippen LogP contribution < -0.4 is 10.6 Å². The number of nitrogens with zero attached hydrogens (tertiary/aromatic N) is 2. The zero-order valence-electron chi connectivity index (χ0n) is 23.9. The second kappa shape index (κ2) is 10.9. The van der Waals surface area contributed by atoms with Gasteiger partial charge in [0, 0.05) is 6.42 Å². The Hall–Kier alpha value is -3.14. The number of hydrogen-bond donors (Lipinski definition) is 2. The van der Waals surface area contributed by atoms with Gasteiger partial charge >= 0.3 is 12.1 Å². The van der Waals surface area contributed by atoms with Crippen molar-refractivity contribution in [1.82, 2.24) is 20.7 Å². The van der Waals surface area contributed by atoms with Crippen LogP contribution in [0.2, 0.25) is 0 Å². The second-order valence-corrected chi connectivity index (χ2v) is 12.4. The summed E-state index contributed by atoms with van der Waals surface area (Å²) in [5.74, 6) is -1.43. The first-order valence-electron chi connectivity index (χ1n) is 13.2. The molecule has 5 atom stereocenters. The normalized spacial score (nSPS) is 24.7. The molecule has 0 aliphatic carbocycles. The van der Waals surface area contributed by atoms with E-state index in [2.05, 4.69) is 10.6 Å². The number of amides is 3. The molecule has 1 aromatic carbocycles. The van der Waals surface area contributed by atoms with Crippen LogP contribution in [0.25, 0.3) is 0 Å². The third-order valence-electron chi connectivity index (χ3n) is 6.42. The molecule has 10 nitrogen and oxygen atoms in total. The highest BCUT2D eigenvalue weighted by molar-refractivity contribution is 5.95. The number of fused-ring (bicyclic) bond motifs is 1. The van der Waals surface area contributed by atoms with E-state index in [1.165, 1.54) is 11.9 Å². The summed E-state index contributed by atoms with van der Waals surface area (Å²) >= 11 is 0. The third-order valence-corrected chi connectivity index (χ3v) is 6.42. The van der Waals surface area contributed by atoms with Crippen LogP contribution in [0, 0.1) is 5.92 Å². The smallest absolute Gasteiger partial charge is 0.408 e. The predicted octanol–water partition coefficient (Wildman–Crippen LogP) is 3.32. The van der Waals surface area contributed by atoms with Crippen molar-refractivity contribution in [1.29, 1.82) is 0 Å². The van der Waals surface area contributed by atoms with E-state index in [1.54, 1.807) is 41.5 Å². The average Bonchev–Trinajstić information content (AvgIpc) is 3.28. The number of benzene rings is 1. The lowest BCUT2D eigenvalue weighted by atomic mass is 9.92. The zero-order chi connectivity index (χ0) is 28.6. The van der Waals surface area contributed by atoms with Crippen LogP contribution in [0.3, 0.4) is 0 Å². The molecule has 1 aromatic rings. The van der Waals surface area contributed by atoms with Crippen molar-refractivity contribution in [3.63, 3.8) is 0 Å². The Morgan fingerprint density at radius 2 is 1.53 bits per heavy atom. The van der Waals surface area contributed by atoms with Gasteiger partial charge in [-0.3, -0.25) is 14.6 Å². The highest BCUT2D eigenvalue weighted by atomic mass is 16.6. The molecule has 38 heavy (non-hydrogen) atoms. The molecule has 2 aliphatic rings. The van der Waals surface area contributed by atoms with E-state index < -0.39 is 53.3 Å². The third kappa shape index (κ3) is 6.64. The van der Waals surface area contributed by atoms with Gasteiger partial charge in [-0.15, -0.1) is 0 Å². The quantitative estimate of drug-likeness (QED) is 0.542. The lowest BCUT2D eigenvalue weighted by Crippen LogP contribution is -2.55. The first-order valence-corrected chi connectivity index (χ1v) is 13.2. The fraction of sp³-hybridized carbons (Fsp3) is 0.643. The molecule has 2 aliphatic heterocycles. The summed E-state index contributed by atoms with van der Waals surface area (Å²) in [6.45, 7) is 16.0. The van der Waals surface area contributed by atoms with Gasteiger partial charge in [0.15, 0.2) is 0 Å². The maximum absolute atomic E-state index is 13.9. The lowest BCUT2D eigenvalue weighted by Gasteiger charge is -2.34. The summed E-state index contributed by atoms with van der Waals surface area (Å²) in [7, 11) is 0. The number of carbonyl (C=O) groups is 4. The molecule has 0 saturated carbocycles. The van der Waals surface area contributed by atoms with Crippen LogP contribution in [0.1, 0.15) is 80.3 Å². The summed E-state index contributed by atoms with van der Waals surface area (Å²) < 4.78 is 10.9. The molecule has 2 fully saturated rings. The summed E-state index contributed by atoms with van der Waals surface area (Å²) in [6.07, 6.45) is -0.345. The average molecular weight is 531 g/mol. The molecule has 0 aromatic heterocycles. The Bertz CT molecular complexity index is 1050. The molecular formula is C28H42N4O6. The van der Waals surface area contributed by atoms with E-state index in [1.807, 2.05) is 49.2 Å². The van der Waals surface area contributed by atoms with Gasteiger partial charge in [-0.25, -0.2) is 14.6 Å². The molecule has 0 bridgehead atoms.